The molecule has 22 heavy (non-hydrogen) atoms. The Hall–Kier alpha value is -1.96. The average Bonchev–Trinajstić information content (AvgIpc) is 2.90. The number of aromatic nitrogens is 2. The normalized spacial score (nSPS) is 16.5. The number of H-pyrrole nitrogens is 1. The molecule has 6 nitrogen and oxygen atoms in total. The number of nitrogens with zero attached hydrogens (tertiary/aromatic N) is 2. The maximum Gasteiger partial charge on any atom is 0.257 e. The molecule has 3 heterocycles. The van der Waals surface area contributed by atoms with E-state index in [2.05, 4.69) is 14.9 Å². The Morgan fingerprint density at radius 3 is 3.00 bits per heavy atom. The summed E-state index contributed by atoms with van der Waals surface area (Å²) in [5.74, 6) is 0.0943. The number of thiazole rings is 1. The Balaban J connectivity index is 1.83. The zero-order chi connectivity index (χ0) is 15.1. The fraction of sp³-hybridized carbons (Fsp3) is 0.333. The molecular formula is C15H15N3O3S. The number of pyridine rings is 1. The molecule has 1 saturated heterocycles. The van der Waals surface area contributed by atoms with Gasteiger partial charge in [0, 0.05) is 13.1 Å². The molecule has 2 N–H and O–H groups in total. The maximum atomic E-state index is 12.1. The van der Waals surface area contributed by atoms with Crippen molar-refractivity contribution in [3.8, 4) is 5.75 Å². The smallest absolute Gasteiger partial charge is 0.257 e. The van der Waals surface area contributed by atoms with E-state index in [1.165, 1.54) is 11.3 Å². The number of nitrogens with one attached hydrogen (secondary N) is 1. The number of fused-ring (bicyclic) bond motifs is 3. The van der Waals surface area contributed by atoms with Gasteiger partial charge < -0.3 is 14.8 Å². The number of ether oxygens (including phenoxy) is 1. The molecule has 0 bridgehead atoms. The van der Waals surface area contributed by atoms with Gasteiger partial charge in [-0.1, -0.05) is 17.4 Å². The van der Waals surface area contributed by atoms with Gasteiger partial charge in [-0.15, -0.1) is 0 Å². The van der Waals surface area contributed by atoms with Crippen molar-refractivity contribution >= 4 is 32.5 Å². The topological polar surface area (TPSA) is 78.5 Å². The maximum absolute atomic E-state index is 12.1. The van der Waals surface area contributed by atoms with Gasteiger partial charge in [-0.05, 0) is 12.1 Å². The number of aromatic hydroxyl groups is 1. The van der Waals surface area contributed by atoms with Crippen molar-refractivity contribution in [2.24, 2.45) is 0 Å². The lowest BCUT2D eigenvalue weighted by Crippen LogP contribution is -2.35. The summed E-state index contributed by atoms with van der Waals surface area (Å²) in [4.78, 5) is 22.6. The largest absolute Gasteiger partial charge is 0.507 e. The molecule has 114 valence electrons. The molecule has 0 radical (unpaired) electrons. The molecule has 1 aliphatic rings. The first-order valence-electron chi connectivity index (χ1n) is 7.16. The van der Waals surface area contributed by atoms with E-state index in [9.17, 15) is 9.90 Å². The third-order valence-corrected chi connectivity index (χ3v) is 4.84. The molecular weight excluding hydrogens is 302 g/mol. The van der Waals surface area contributed by atoms with E-state index in [1.807, 2.05) is 0 Å². The molecule has 3 aromatic rings. The molecule has 2 aromatic heterocycles. The van der Waals surface area contributed by atoms with E-state index in [4.69, 9.17) is 4.74 Å². The number of phenols is 1. The Morgan fingerprint density at radius 1 is 1.36 bits per heavy atom. The Morgan fingerprint density at radius 2 is 2.18 bits per heavy atom. The van der Waals surface area contributed by atoms with Gasteiger partial charge in [-0.3, -0.25) is 9.69 Å². The van der Waals surface area contributed by atoms with Gasteiger partial charge in [0.15, 0.2) is 0 Å². The Labute approximate surface area is 130 Å². The first-order chi connectivity index (χ1) is 10.7. The number of rotatable bonds is 2. The van der Waals surface area contributed by atoms with Crippen molar-refractivity contribution in [1.29, 1.82) is 0 Å². The first-order valence-corrected chi connectivity index (χ1v) is 7.97. The van der Waals surface area contributed by atoms with Gasteiger partial charge in [0.05, 0.1) is 30.5 Å². The SMILES string of the molecule is O=c1[nH]c2sc(CN3CCOCC3)nc2c2c(O)cccc12. The van der Waals surface area contributed by atoms with Crippen molar-refractivity contribution in [3.05, 3.63) is 33.6 Å². The summed E-state index contributed by atoms with van der Waals surface area (Å²) >= 11 is 1.47. The van der Waals surface area contributed by atoms with E-state index in [0.717, 1.165) is 37.9 Å². The van der Waals surface area contributed by atoms with Crippen molar-refractivity contribution in [2.45, 2.75) is 6.54 Å². The number of benzene rings is 1. The molecule has 7 heteroatoms. The second kappa shape index (κ2) is 5.35. The minimum Gasteiger partial charge on any atom is -0.507 e. The number of phenolic OH excluding ortho intramolecular Hbond substituents is 1. The monoisotopic (exact) mass is 317 g/mol. The average molecular weight is 317 g/mol. The van der Waals surface area contributed by atoms with Gasteiger partial charge in [-0.2, -0.15) is 0 Å². The fourth-order valence-electron chi connectivity index (χ4n) is 2.79. The highest BCUT2D eigenvalue weighted by atomic mass is 32.1. The lowest BCUT2D eigenvalue weighted by molar-refractivity contribution is 0.0342. The Bertz CT molecular complexity index is 896. The van der Waals surface area contributed by atoms with Crippen LogP contribution in [0.3, 0.4) is 0 Å². The molecule has 0 saturated carbocycles. The van der Waals surface area contributed by atoms with Crippen molar-refractivity contribution in [3.63, 3.8) is 0 Å². The highest BCUT2D eigenvalue weighted by molar-refractivity contribution is 7.18. The number of morpholine rings is 1. The lowest BCUT2D eigenvalue weighted by Gasteiger charge is -2.25. The van der Waals surface area contributed by atoms with Crippen LogP contribution >= 0.6 is 11.3 Å². The molecule has 1 aliphatic heterocycles. The van der Waals surface area contributed by atoms with Crippen molar-refractivity contribution in [1.82, 2.24) is 14.9 Å². The minimum absolute atomic E-state index is 0.0943. The molecule has 0 unspecified atom stereocenters. The van der Waals surface area contributed by atoms with Crippen molar-refractivity contribution in [2.75, 3.05) is 26.3 Å². The fourth-order valence-corrected chi connectivity index (χ4v) is 3.79. The van der Waals surface area contributed by atoms with Gasteiger partial charge in [0.1, 0.15) is 21.1 Å². The van der Waals surface area contributed by atoms with E-state index >= 15 is 0 Å². The van der Waals surface area contributed by atoms with E-state index in [1.54, 1.807) is 18.2 Å². The molecule has 1 aromatic carbocycles. The molecule has 0 aliphatic carbocycles. The lowest BCUT2D eigenvalue weighted by atomic mass is 10.1. The number of aromatic amines is 1. The van der Waals surface area contributed by atoms with Crippen LogP contribution in [0.4, 0.5) is 0 Å². The molecule has 0 amide bonds. The zero-order valence-electron chi connectivity index (χ0n) is 11.8. The second-order valence-electron chi connectivity index (χ2n) is 5.33. The third kappa shape index (κ3) is 2.27. The van der Waals surface area contributed by atoms with Crippen LogP contribution in [0, 0.1) is 0 Å². The molecule has 1 fully saturated rings. The minimum atomic E-state index is -0.194. The zero-order valence-corrected chi connectivity index (χ0v) is 12.7. The Kier molecular flexibility index (Phi) is 3.33. The molecule has 4 rings (SSSR count). The standard InChI is InChI=1S/C15H15N3O3S/c19-10-3-1-2-9-12(10)13-15(17-14(9)20)22-11(16-13)8-18-4-6-21-7-5-18/h1-3,19H,4-8H2,(H,17,20). The van der Waals surface area contributed by atoms with E-state index in [0.29, 0.717) is 21.1 Å². The van der Waals surface area contributed by atoms with Gasteiger partial charge in [0.2, 0.25) is 0 Å². The summed E-state index contributed by atoms with van der Waals surface area (Å²) in [5, 5.41) is 12.0. The second-order valence-corrected chi connectivity index (χ2v) is 6.41. The molecule has 0 spiro atoms. The van der Waals surface area contributed by atoms with E-state index in [-0.39, 0.29) is 11.3 Å². The summed E-state index contributed by atoms with van der Waals surface area (Å²) in [5.41, 5.74) is 0.473. The van der Waals surface area contributed by atoms with Crippen LogP contribution in [-0.2, 0) is 11.3 Å². The van der Waals surface area contributed by atoms with E-state index < -0.39 is 0 Å². The van der Waals surface area contributed by atoms with Crippen LogP contribution in [0.25, 0.3) is 21.1 Å². The number of hydrogen-bond acceptors (Lipinski definition) is 6. The van der Waals surface area contributed by atoms with Gasteiger partial charge in [-0.25, -0.2) is 4.98 Å². The summed E-state index contributed by atoms with van der Waals surface area (Å²) in [6.45, 7) is 3.99. The van der Waals surface area contributed by atoms with Gasteiger partial charge >= 0.3 is 0 Å². The quantitative estimate of drug-likeness (QED) is 0.752. The molecule has 0 atom stereocenters. The van der Waals surface area contributed by atoms with Crippen LogP contribution in [0.15, 0.2) is 23.0 Å². The van der Waals surface area contributed by atoms with Crippen LogP contribution in [0.2, 0.25) is 0 Å². The van der Waals surface area contributed by atoms with Gasteiger partial charge in [0.25, 0.3) is 5.56 Å². The predicted octanol–water partition coefficient (Wildman–Crippen LogP) is 1.68. The summed E-state index contributed by atoms with van der Waals surface area (Å²) in [7, 11) is 0. The van der Waals surface area contributed by atoms with Crippen LogP contribution in [0.5, 0.6) is 5.75 Å². The third-order valence-electron chi connectivity index (χ3n) is 3.88. The first kappa shape index (κ1) is 13.7. The summed E-state index contributed by atoms with van der Waals surface area (Å²) in [6.07, 6.45) is 0. The summed E-state index contributed by atoms with van der Waals surface area (Å²) < 4.78 is 5.35. The van der Waals surface area contributed by atoms with Crippen LogP contribution in [0.1, 0.15) is 5.01 Å². The highest BCUT2D eigenvalue weighted by Crippen LogP contribution is 2.31. The number of hydrogen-bond donors (Lipinski definition) is 2. The highest BCUT2D eigenvalue weighted by Gasteiger charge is 2.16. The van der Waals surface area contributed by atoms with Crippen LogP contribution in [-0.4, -0.2) is 46.3 Å². The summed E-state index contributed by atoms with van der Waals surface area (Å²) in [6, 6.07) is 4.95. The van der Waals surface area contributed by atoms with Crippen molar-refractivity contribution < 1.29 is 9.84 Å². The van der Waals surface area contributed by atoms with Crippen LogP contribution < -0.4 is 5.56 Å². The predicted molar refractivity (Wildman–Crippen MR) is 85.5 cm³/mol.